The van der Waals surface area contributed by atoms with Crippen LogP contribution in [0.3, 0.4) is 0 Å². The molecule has 0 atom stereocenters. The Kier molecular flexibility index (Phi) is 4.27. The quantitative estimate of drug-likeness (QED) is 0.852. The second kappa shape index (κ2) is 5.78. The molecule has 0 aliphatic carbocycles. The zero-order valence-corrected chi connectivity index (χ0v) is 11.9. The second-order valence-electron chi connectivity index (χ2n) is 4.11. The van der Waals surface area contributed by atoms with Crippen LogP contribution < -0.4 is 10.5 Å². The van der Waals surface area contributed by atoms with Gasteiger partial charge >= 0.3 is 0 Å². The van der Waals surface area contributed by atoms with Crippen molar-refractivity contribution in [1.82, 2.24) is 4.72 Å². The molecule has 2 aromatic rings. The van der Waals surface area contributed by atoms with Crippen LogP contribution >= 0.6 is 11.6 Å². The number of sulfonamides is 1. The van der Waals surface area contributed by atoms with E-state index in [1.54, 1.807) is 24.3 Å². The number of nitrogens with one attached hydrogen (secondary N) is 1. The Balaban J connectivity index is 2.24. The summed E-state index contributed by atoms with van der Waals surface area (Å²) >= 11 is 5.93. The van der Waals surface area contributed by atoms with Gasteiger partial charge in [0.2, 0.25) is 10.0 Å². The standard InChI is InChI=1S/C13H12ClFN2O2S/c14-11-4-2-1-3-9(11)8-17-20(18,19)13-7-10(16)5-6-12(13)15/h1-7,17H,8,16H2. The molecule has 0 spiro atoms. The molecule has 2 aromatic carbocycles. The van der Waals surface area contributed by atoms with Gasteiger partial charge in [-0.3, -0.25) is 0 Å². The Morgan fingerprint density at radius 3 is 2.60 bits per heavy atom. The Morgan fingerprint density at radius 2 is 1.90 bits per heavy atom. The molecule has 4 nitrogen and oxygen atoms in total. The van der Waals surface area contributed by atoms with E-state index in [1.165, 1.54) is 6.07 Å². The van der Waals surface area contributed by atoms with E-state index in [-0.39, 0.29) is 12.2 Å². The normalized spacial score (nSPS) is 11.5. The predicted octanol–water partition coefficient (Wildman–Crippen LogP) is 2.54. The Hall–Kier alpha value is -1.63. The minimum atomic E-state index is -3.99. The Bertz CT molecular complexity index is 735. The Morgan fingerprint density at radius 1 is 1.20 bits per heavy atom. The van der Waals surface area contributed by atoms with Gasteiger partial charge in [0, 0.05) is 17.3 Å². The number of nitrogens with two attached hydrogens (primary N) is 1. The molecule has 0 bridgehead atoms. The SMILES string of the molecule is Nc1ccc(F)c(S(=O)(=O)NCc2ccccc2Cl)c1. The smallest absolute Gasteiger partial charge is 0.243 e. The number of halogens is 2. The number of rotatable bonds is 4. The van der Waals surface area contributed by atoms with Crippen LogP contribution in [0.1, 0.15) is 5.56 Å². The highest BCUT2D eigenvalue weighted by molar-refractivity contribution is 7.89. The number of hydrogen-bond donors (Lipinski definition) is 2. The highest BCUT2D eigenvalue weighted by atomic mass is 35.5. The molecule has 0 amide bonds. The fourth-order valence-electron chi connectivity index (χ4n) is 1.62. The van der Waals surface area contributed by atoms with Crippen LogP contribution in [-0.4, -0.2) is 8.42 Å². The van der Waals surface area contributed by atoms with Gasteiger partial charge in [-0.15, -0.1) is 0 Å². The van der Waals surface area contributed by atoms with Gasteiger partial charge in [-0.2, -0.15) is 0 Å². The number of benzene rings is 2. The van der Waals surface area contributed by atoms with Gasteiger partial charge in [-0.05, 0) is 29.8 Å². The zero-order valence-electron chi connectivity index (χ0n) is 10.3. The van der Waals surface area contributed by atoms with Crippen molar-refractivity contribution in [2.75, 3.05) is 5.73 Å². The van der Waals surface area contributed by atoms with Crippen molar-refractivity contribution < 1.29 is 12.8 Å². The van der Waals surface area contributed by atoms with Crippen LogP contribution in [0.2, 0.25) is 5.02 Å². The van der Waals surface area contributed by atoms with Crippen molar-refractivity contribution in [2.45, 2.75) is 11.4 Å². The lowest BCUT2D eigenvalue weighted by molar-refractivity contribution is 0.557. The summed E-state index contributed by atoms with van der Waals surface area (Å²) in [6, 6.07) is 10.2. The van der Waals surface area contributed by atoms with Crippen molar-refractivity contribution in [3.05, 3.63) is 58.9 Å². The molecule has 7 heteroatoms. The van der Waals surface area contributed by atoms with E-state index < -0.39 is 20.7 Å². The highest BCUT2D eigenvalue weighted by Crippen LogP contribution is 2.19. The fraction of sp³-hybridized carbons (Fsp3) is 0.0769. The molecular weight excluding hydrogens is 303 g/mol. The van der Waals surface area contributed by atoms with Crippen molar-refractivity contribution in [3.63, 3.8) is 0 Å². The number of anilines is 1. The van der Waals surface area contributed by atoms with Crippen LogP contribution in [0.25, 0.3) is 0 Å². The molecule has 0 aromatic heterocycles. The summed E-state index contributed by atoms with van der Waals surface area (Å²) in [4.78, 5) is -0.482. The third-order valence-electron chi connectivity index (χ3n) is 2.66. The van der Waals surface area contributed by atoms with E-state index in [0.717, 1.165) is 12.1 Å². The third kappa shape index (κ3) is 3.27. The van der Waals surface area contributed by atoms with E-state index in [2.05, 4.69) is 4.72 Å². The molecule has 0 saturated heterocycles. The van der Waals surface area contributed by atoms with Crippen LogP contribution in [0.15, 0.2) is 47.4 Å². The summed E-state index contributed by atoms with van der Waals surface area (Å²) in [6.45, 7) is -0.0315. The first kappa shape index (κ1) is 14.8. The molecule has 20 heavy (non-hydrogen) atoms. The monoisotopic (exact) mass is 314 g/mol. The molecule has 0 saturated carbocycles. The first-order valence-corrected chi connectivity index (χ1v) is 7.54. The summed E-state index contributed by atoms with van der Waals surface area (Å²) in [7, 11) is -3.99. The molecule has 0 heterocycles. The Labute approximate surface area is 121 Å². The van der Waals surface area contributed by atoms with Crippen molar-refractivity contribution in [1.29, 1.82) is 0 Å². The average Bonchev–Trinajstić information content (AvgIpc) is 2.40. The second-order valence-corrected chi connectivity index (χ2v) is 6.25. The van der Waals surface area contributed by atoms with Gasteiger partial charge < -0.3 is 5.73 Å². The van der Waals surface area contributed by atoms with Crippen molar-refractivity contribution >= 4 is 27.3 Å². The van der Waals surface area contributed by atoms with Gasteiger partial charge in [0.25, 0.3) is 0 Å². The third-order valence-corrected chi connectivity index (χ3v) is 4.44. The fourth-order valence-corrected chi connectivity index (χ4v) is 2.94. The zero-order chi connectivity index (χ0) is 14.8. The maximum atomic E-state index is 13.6. The largest absolute Gasteiger partial charge is 0.399 e. The van der Waals surface area contributed by atoms with E-state index in [1.807, 2.05) is 0 Å². The molecule has 0 aliphatic rings. The molecule has 0 aliphatic heterocycles. The molecule has 3 N–H and O–H groups in total. The number of nitrogen functional groups attached to an aromatic ring is 1. The van der Waals surface area contributed by atoms with E-state index >= 15 is 0 Å². The van der Waals surface area contributed by atoms with Gasteiger partial charge in [0.15, 0.2) is 0 Å². The molecule has 0 radical (unpaired) electrons. The lowest BCUT2D eigenvalue weighted by Crippen LogP contribution is -2.24. The molecular formula is C13H12ClFN2O2S. The molecule has 106 valence electrons. The minimum absolute atomic E-state index is 0.0315. The summed E-state index contributed by atoms with van der Waals surface area (Å²) in [6.07, 6.45) is 0. The summed E-state index contributed by atoms with van der Waals surface area (Å²) in [5.74, 6) is -0.856. The first-order chi connectivity index (χ1) is 9.40. The van der Waals surface area contributed by atoms with Crippen molar-refractivity contribution in [3.8, 4) is 0 Å². The first-order valence-electron chi connectivity index (χ1n) is 5.68. The summed E-state index contributed by atoms with van der Waals surface area (Å²) < 4.78 is 39.9. The topological polar surface area (TPSA) is 72.2 Å². The molecule has 0 unspecified atom stereocenters. The van der Waals surface area contributed by atoms with Gasteiger partial charge in [0.1, 0.15) is 10.7 Å². The maximum Gasteiger partial charge on any atom is 0.243 e. The highest BCUT2D eigenvalue weighted by Gasteiger charge is 2.19. The molecule has 2 rings (SSSR count). The molecule has 0 fully saturated rings. The van der Waals surface area contributed by atoms with E-state index in [0.29, 0.717) is 10.6 Å². The van der Waals surface area contributed by atoms with Crippen LogP contribution in [0.5, 0.6) is 0 Å². The van der Waals surface area contributed by atoms with E-state index in [9.17, 15) is 12.8 Å². The maximum absolute atomic E-state index is 13.6. The van der Waals surface area contributed by atoms with Crippen LogP contribution in [0.4, 0.5) is 10.1 Å². The lowest BCUT2D eigenvalue weighted by atomic mass is 10.2. The average molecular weight is 315 g/mol. The van der Waals surface area contributed by atoms with Gasteiger partial charge in [0.05, 0.1) is 0 Å². The lowest BCUT2D eigenvalue weighted by Gasteiger charge is -2.09. The predicted molar refractivity (Wildman–Crippen MR) is 76.3 cm³/mol. The van der Waals surface area contributed by atoms with Crippen molar-refractivity contribution in [2.24, 2.45) is 0 Å². The van der Waals surface area contributed by atoms with Crippen LogP contribution in [-0.2, 0) is 16.6 Å². The van der Waals surface area contributed by atoms with Crippen LogP contribution in [0, 0.1) is 5.82 Å². The van der Waals surface area contributed by atoms with Gasteiger partial charge in [-0.1, -0.05) is 29.8 Å². The summed E-state index contributed by atoms with van der Waals surface area (Å²) in [5, 5.41) is 0.434. The van der Waals surface area contributed by atoms with E-state index in [4.69, 9.17) is 17.3 Å². The minimum Gasteiger partial charge on any atom is -0.399 e. The van der Waals surface area contributed by atoms with Gasteiger partial charge in [-0.25, -0.2) is 17.5 Å². The number of hydrogen-bond acceptors (Lipinski definition) is 3. The summed E-state index contributed by atoms with van der Waals surface area (Å²) in [5.41, 5.74) is 6.25.